The Morgan fingerprint density at radius 1 is 1.07 bits per heavy atom. The summed E-state index contributed by atoms with van der Waals surface area (Å²) in [4.78, 5) is 14.1. The zero-order valence-corrected chi connectivity index (χ0v) is 16.1. The number of piperazine rings is 1. The van der Waals surface area contributed by atoms with E-state index in [1.165, 1.54) is 27.4 Å². The fourth-order valence-corrected chi connectivity index (χ4v) is 4.70. The van der Waals surface area contributed by atoms with E-state index >= 15 is 0 Å². The number of nitrogens with one attached hydrogen (secondary N) is 1. The monoisotopic (exact) mass is 400 g/mol. The quantitative estimate of drug-likeness (QED) is 0.691. The van der Waals surface area contributed by atoms with Crippen LogP contribution in [0.3, 0.4) is 0 Å². The van der Waals surface area contributed by atoms with E-state index in [9.17, 15) is 13.2 Å². The number of rotatable bonds is 4. The van der Waals surface area contributed by atoms with Crippen molar-refractivity contribution in [2.75, 3.05) is 31.1 Å². The van der Waals surface area contributed by atoms with Crippen molar-refractivity contribution in [2.45, 2.75) is 4.90 Å². The van der Waals surface area contributed by atoms with Gasteiger partial charge < -0.3 is 4.90 Å². The van der Waals surface area contributed by atoms with Gasteiger partial charge in [0.2, 0.25) is 10.0 Å². The Hall–Kier alpha value is -2.98. The van der Waals surface area contributed by atoms with Crippen LogP contribution in [0.5, 0.6) is 0 Å². The van der Waals surface area contributed by atoms with Crippen molar-refractivity contribution in [3.05, 3.63) is 59.1 Å². The van der Waals surface area contributed by atoms with Crippen molar-refractivity contribution in [3.63, 3.8) is 0 Å². The van der Waals surface area contributed by atoms with E-state index in [4.69, 9.17) is 0 Å². The highest BCUT2D eigenvalue weighted by atomic mass is 32.2. The third-order valence-corrected chi connectivity index (χ3v) is 6.59. The number of sulfonamides is 1. The highest BCUT2D eigenvalue weighted by Crippen LogP contribution is 2.28. The lowest BCUT2D eigenvalue weighted by Crippen LogP contribution is -2.49. The van der Waals surface area contributed by atoms with Crippen LogP contribution in [-0.2, 0) is 17.1 Å². The number of H-pyrrole nitrogens is 1. The zero-order valence-electron chi connectivity index (χ0n) is 15.3. The molecular formula is C18H20N6O3S. The van der Waals surface area contributed by atoms with Gasteiger partial charge in [-0.15, -0.1) is 0 Å². The third-order valence-electron chi connectivity index (χ3n) is 4.73. The van der Waals surface area contributed by atoms with Crippen molar-refractivity contribution in [2.24, 2.45) is 7.05 Å². The number of hydrogen-bond acceptors (Lipinski definition) is 6. The summed E-state index contributed by atoms with van der Waals surface area (Å²) in [6.45, 7) is 1.56. The molecule has 3 heterocycles. The molecule has 0 bridgehead atoms. The number of aryl methyl sites for hydroxylation is 1. The van der Waals surface area contributed by atoms with Gasteiger partial charge in [0.15, 0.2) is 0 Å². The summed E-state index contributed by atoms with van der Waals surface area (Å²) in [5.74, 6) is 0. The number of anilines is 1. The van der Waals surface area contributed by atoms with Gasteiger partial charge in [-0.3, -0.25) is 9.48 Å². The van der Waals surface area contributed by atoms with Crippen molar-refractivity contribution < 1.29 is 8.42 Å². The standard InChI is InChI=1S/C18H20N6O3S/c1-22-13-15(12-19-22)28(26,27)24-9-7-23(8-10-24)16-11-17(25)20-21-18(16)14-5-3-2-4-6-14/h2-6,11-13H,7-10H2,1H3,(H,20,25). The first-order valence-electron chi connectivity index (χ1n) is 8.84. The fourth-order valence-electron chi connectivity index (χ4n) is 3.29. The maximum Gasteiger partial charge on any atom is 0.266 e. The SMILES string of the molecule is Cn1cc(S(=O)(=O)N2CCN(c3cc(=O)[nH]nc3-c3ccccc3)CC2)cn1. The van der Waals surface area contributed by atoms with Crippen LogP contribution in [0, 0.1) is 0 Å². The second-order valence-corrected chi connectivity index (χ2v) is 8.51. The zero-order chi connectivity index (χ0) is 19.7. The first-order chi connectivity index (χ1) is 13.4. The average Bonchev–Trinajstić information content (AvgIpc) is 3.16. The number of hydrogen-bond donors (Lipinski definition) is 1. The van der Waals surface area contributed by atoms with Gasteiger partial charge in [-0.2, -0.15) is 14.5 Å². The second kappa shape index (κ2) is 7.21. The summed E-state index contributed by atoms with van der Waals surface area (Å²) >= 11 is 0. The molecule has 0 unspecified atom stereocenters. The van der Waals surface area contributed by atoms with E-state index in [1.54, 1.807) is 7.05 Å². The van der Waals surface area contributed by atoms with Crippen LogP contribution in [-0.4, -0.2) is 58.9 Å². The van der Waals surface area contributed by atoms with Crippen molar-refractivity contribution in [1.29, 1.82) is 0 Å². The lowest BCUT2D eigenvalue weighted by Gasteiger charge is -2.35. The highest BCUT2D eigenvalue weighted by Gasteiger charge is 2.30. The molecular weight excluding hydrogens is 380 g/mol. The Balaban J connectivity index is 1.58. The topological polar surface area (TPSA) is 104 Å². The van der Waals surface area contributed by atoms with Gasteiger partial charge in [0.25, 0.3) is 5.56 Å². The number of aromatic nitrogens is 4. The highest BCUT2D eigenvalue weighted by molar-refractivity contribution is 7.89. The summed E-state index contributed by atoms with van der Waals surface area (Å²) in [6, 6.07) is 11.1. The molecule has 1 saturated heterocycles. The number of nitrogens with zero attached hydrogens (tertiary/aromatic N) is 5. The van der Waals surface area contributed by atoms with Crippen LogP contribution in [0.1, 0.15) is 0 Å². The van der Waals surface area contributed by atoms with Crippen molar-refractivity contribution in [3.8, 4) is 11.3 Å². The minimum absolute atomic E-state index is 0.186. The van der Waals surface area contributed by atoms with E-state index in [1.807, 2.05) is 35.2 Å². The summed E-state index contributed by atoms with van der Waals surface area (Å²) in [6.07, 6.45) is 2.85. The van der Waals surface area contributed by atoms with Crippen LogP contribution in [0.25, 0.3) is 11.3 Å². The van der Waals surface area contributed by atoms with Crippen molar-refractivity contribution in [1.82, 2.24) is 24.3 Å². The van der Waals surface area contributed by atoms with E-state index < -0.39 is 10.0 Å². The van der Waals surface area contributed by atoms with E-state index in [-0.39, 0.29) is 10.5 Å². The first kappa shape index (κ1) is 18.4. The van der Waals surface area contributed by atoms with Crippen LogP contribution < -0.4 is 10.5 Å². The first-order valence-corrected chi connectivity index (χ1v) is 10.3. The molecule has 10 heteroatoms. The lowest BCUT2D eigenvalue weighted by molar-refractivity contribution is 0.385. The second-order valence-electron chi connectivity index (χ2n) is 6.57. The average molecular weight is 400 g/mol. The van der Waals surface area contributed by atoms with Gasteiger partial charge in [-0.05, 0) is 0 Å². The maximum atomic E-state index is 12.8. The van der Waals surface area contributed by atoms with E-state index in [2.05, 4.69) is 15.3 Å². The van der Waals surface area contributed by atoms with Gasteiger partial charge in [0, 0.05) is 51.1 Å². The molecule has 3 aromatic rings. The Bertz CT molecular complexity index is 1130. The van der Waals surface area contributed by atoms with Crippen LogP contribution >= 0.6 is 0 Å². The van der Waals surface area contributed by atoms with Crippen LogP contribution in [0.4, 0.5) is 5.69 Å². The minimum atomic E-state index is -3.58. The molecule has 1 aromatic carbocycles. The van der Waals surface area contributed by atoms with E-state index in [0.717, 1.165) is 5.56 Å². The fraction of sp³-hybridized carbons (Fsp3) is 0.278. The summed E-state index contributed by atoms with van der Waals surface area (Å²) < 4.78 is 28.5. The molecule has 28 heavy (non-hydrogen) atoms. The lowest BCUT2D eigenvalue weighted by atomic mass is 10.1. The maximum absolute atomic E-state index is 12.8. The predicted octanol–water partition coefficient (Wildman–Crippen LogP) is 0.681. The molecule has 4 rings (SSSR count). The molecule has 9 nitrogen and oxygen atoms in total. The smallest absolute Gasteiger partial charge is 0.266 e. The molecule has 0 atom stereocenters. The molecule has 0 amide bonds. The van der Waals surface area contributed by atoms with E-state index in [0.29, 0.717) is 37.6 Å². The molecule has 0 aliphatic carbocycles. The van der Waals surface area contributed by atoms with Gasteiger partial charge in [-0.1, -0.05) is 30.3 Å². The Morgan fingerprint density at radius 2 is 1.79 bits per heavy atom. The number of aromatic amines is 1. The third kappa shape index (κ3) is 3.43. The normalized spacial score (nSPS) is 15.7. The molecule has 1 fully saturated rings. The van der Waals surface area contributed by atoms with Gasteiger partial charge in [0.1, 0.15) is 10.6 Å². The summed E-state index contributed by atoms with van der Waals surface area (Å²) in [5.41, 5.74) is 1.97. The molecule has 146 valence electrons. The molecule has 1 aliphatic heterocycles. The van der Waals surface area contributed by atoms with Gasteiger partial charge >= 0.3 is 0 Å². The molecule has 0 saturated carbocycles. The molecule has 2 aromatic heterocycles. The Morgan fingerprint density at radius 3 is 2.43 bits per heavy atom. The predicted molar refractivity (Wildman–Crippen MR) is 104 cm³/mol. The van der Waals surface area contributed by atoms with Gasteiger partial charge in [0.05, 0.1) is 11.9 Å². The van der Waals surface area contributed by atoms with Gasteiger partial charge in [-0.25, -0.2) is 13.5 Å². The number of benzene rings is 1. The minimum Gasteiger partial charge on any atom is -0.367 e. The van der Waals surface area contributed by atoms with Crippen LogP contribution in [0.15, 0.2) is 58.5 Å². The molecule has 1 N–H and O–H groups in total. The van der Waals surface area contributed by atoms with Crippen molar-refractivity contribution >= 4 is 15.7 Å². The molecule has 0 spiro atoms. The van der Waals surface area contributed by atoms with Crippen LogP contribution in [0.2, 0.25) is 0 Å². The Kier molecular flexibility index (Phi) is 4.73. The molecule has 0 radical (unpaired) electrons. The largest absolute Gasteiger partial charge is 0.367 e. The summed E-state index contributed by atoms with van der Waals surface area (Å²) in [7, 11) is -1.89. The Labute approximate surface area is 162 Å². The summed E-state index contributed by atoms with van der Waals surface area (Å²) in [5, 5.41) is 10.7. The molecule has 1 aliphatic rings.